The largest absolute Gasteiger partial charge is 0.478 e. The van der Waals surface area contributed by atoms with Crippen LogP contribution in [0.25, 0.3) is 0 Å². The third-order valence-corrected chi connectivity index (χ3v) is 3.18. The fourth-order valence-electron chi connectivity index (χ4n) is 1.47. The van der Waals surface area contributed by atoms with Crippen LogP contribution in [0.15, 0.2) is 10.5 Å². The highest BCUT2D eigenvalue weighted by molar-refractivity contribution is 7.98. The Morgan fingerprint density at radius 2 is 2.21 bits per heavy atom. The fourth-order valence-corrected chi connectivity index (χ4v) is 1.93. The summed E-state index contributed by atoms with van der Waals surface area (Å²) < 4.78 is 5.27. The predicted octanol–water partition coefficient (Wildman–Crippen LogP) is 1.79. The van der Waals surface area contributed by atoms with E-state index in [9.17, 15) is 9.59 Å². The van der Waals surface area contributed by atoms with Crippen molar-refractivity contribution in [3.63, 3.8) is 0 Å². The summed E-state index contributed by atoms with van der Waals surface area (Å²) in [5.74, 6) is 0.609. The Kier molecular flexibility index (Phi) is 5.75. The van der Waals surface area contributed by atoms with Crippen molar-refractivity contribution in [1.29, 1.82) is 0 Å². The zero-order valence-electron chi connectivity index (χ0n) is 11.2. The number of carbonyl (C=O) groups excluding carboxylic acids is 1. The number of carbonyl (C=O) groups is 2. The molecule has 0 aromatic carbocycles. The molecule has 0 aliphatic rings. The van der Waals surface area contributed by atoms with E-state index in [0.29, 0.717) is 18.1 Å². The molecule has 19 heavy (non-hydrogen) atoms. The Morgan fingerprint density at radius 1 is 1.53 bits per heavy atom. The number of rotatable bonds is 6. The molecule has 0 atom stereocenters. The van der Waals surface area contributed by atoms with Gasteiger partial charge in [0.25, 0.3) is 0 Å². The first-order chi connectivity index (χ1) is 8.95. The SMILES string of the molecule is CSCCN(C)C(=O)NCc1cc(C(=O)O)c(C)o1. The van der Waals surface area contributed by atoms with Gasteiger partial charge in [-0.2, -0.15) is 11.8 Å². The molecule has 0 spiro atoms. The minimum absolute atomic E-state index is 0.125. The van der Waals surface area contributed by atoms with Crippen molar-refractivity contribution in [3.8, 4) is 0 Å². The van der Waals surface area contributed by atoms with E-state index >= 15 is 0 Å². The Labute approximate surface area is 116 Å². The quantitative estimate of drug-likeness (QED) is 0.833. The number of furan rings is 1. The Bertz CT molecular complexity index is 459. The lowest BCUT2D eigenvalue weighted by molar-refractivity contribution is 0.0695. The zero-order valence-corrected chi connectivity index (χ0v) is 12.0. The molecule has 0 saturated heterocycles. The smallest absolute Gasteiger partial charge is 0.339 e. The van der Waals surface area contributed by atoms with Crippen molar-refractivity contribution in [2.24, 2.45) is 0 Å². The van der Waals surface area contributed by atoms with Crippen molar-refractivity contribution in [1.82, 2.24) is 10.2 Å². The van der Waals surface area contributed by atoms with Crippen molar-refractivity contribution in [3.05, 3.63) is 23.2 Å². The van der Waals surface area contributed by atoms with E-state index in [1.165, 1.54) is 6.07 Å². The monoisotopic (exact) mass is 286 g/mol. The minimum Gasteiger partial charge on any atom is -0.478 e. The maximum absolute atomic E-state index is 11.7. The minimum atomic E-state index is -1.03. The highest BCUT2D eigenvalue weighted by Crippen LogP contribution is 2.14. The number of amides is 2. The van der Waals surface area contributed by atoms with E-state index in [0.717, 1.165) is 5.75 Å². The summed E-state index contributed by atoms with van der Waals surface area (Å²) >= 11 is 1.66. The third kappa shape index (κ3) is 4.51. The van der Waals surface area contributed by atoms with Gasteiger partial charge in [0.15, 0.2) is 0 Å². The predicted molar refractivity (Wildman–Crippen MR) is 73.7 cm³/mol. The normalized spacial score (nSPS) is 10.3. The molecule has 2 amide bonds. The lowest BCUT2D eigenvalue weighted by Gasteiger charge is -2.16. The second-order valence-corrected chi connectivity index (χ2v) is 5.05. The van der Waals surface area contributed by atoms with Crippen LogP contribution in [0.1, 0.15) is 21.9 Å². The van der Waals surface area contributed by atoms with Gasteiger partial charge in [-0.3, -0.25) is 0 Å². The maximum Gasteiger partial charge on any atom is 0.339 e. The van der Waals surface area contributed by atoms with Gasteiger partial charge >= 0.3 is 12.0 Å². The van der Waals surface area contributed by atoms with Crippen LogP contribution in [-0.2, 0) is 6.54 Å². The van der Waals surface area contributed by atoms with Crippen LogP contribution in [-0.4, -0.2) is 47.6 Å². The van der Waals surface area contributed by atoms with Crippen LogP contribution in [0.5, 0.6) is 0 Å². The molecule has 1 heterocycles. The summed E-state index contributed by atoms with van der Waals surface area (Å²) in [5, 5.41) is 11.6. The molecule has 0 aliphatic heterocycles. The number of urea groups is 1. The standard InChI is InChI=1S/C12H18N2O4S/c1-8-10(11(15)16)6-9(18-8)7-13-12(17)14(2)4-5-19-3/h6H,4-5,7H2,1-3H3,(H,13,17)(H,15,16). The molecule has 0 radical (unpaired) electrons. The van der Waals surface area contributed by atoms with E-state index < -0.39 is 5.97 Å². The zero-order chi connectivity index (χ0) is 14.4. The number of aromatic carboxylic acids is 1. The molecule has 7 heteroatoms. The molecule has 0 aliphatic carbocycles. The molecule has 6 nitrogen and oxygen atoms in total. The number of nitrogens with one attached hydrogen (secondary N) is 1. The van der Waals surface area contributed by atoms with Gasteiger partial charge in [-0.05, 0) is 19.2 Å². The number of thioether (sulfide) groups is 1. The first-order valence-corrected chi connectivity index (χ1v) is 7.15. The molecule has 0 bridgehead atoms. The Morgan fingerprint density at radius 3 is 2.74 bits per heavy atom. The summed E-state index contributed by atoms with van der Waals surface area (Å²) in [6, 6.07) is 1.22. The first-order valence-electron chi connectivity index (χ1n) is 5.76. The van der Waals surface area contributed by atoms with E-state index in [4.69, 9.17) is 9.52 Å². The van der Waals surface area contributed by atoms with Crippen molar-refractivity contribution in [2.75, 3.05) is 25.6 Å². The second-order valence-electron chi connectivity index (χ2n) is 4.06. The Hall–Kier alpha value is -1.63. The fraction of sp³-hybridized carbons (Fsp3) is 0.500. The van der Waals surface area contributed by atoms with Gasteiger partial charge in [0.1, 0.15) is 17.1 Å². The third-order valence-electron chi connectivity index (χ3n) is 2.59. The first kappa shape index (κ1) is 15.4. The van der Waals surface area contributed by atoms with Crippen molar-refractivity contribution < 1.29 is 19.1 Å². The summed E-state index contributed by atoms with van der Waals surface area (Å²) in [5.41, 5.74) is 0.125. The average Bonchev–Trinajstić information content (AvgIpc) is 2.74. The van der Waals surface area contributed by atoms with Crippen LogP contribution in [0, 0.1) is 6.92 Å². The molecule has 1 aromatic rings. The van der Waals surface area contributed by atoms with E-state index in [-0.39, 0.29) is 18.1 Å². The van der Waals surface area contributed by atoms with Gasteiger partial charge in [-0.1, -0.05) is 0 Å². The average molecular weight is 286 g/mol. The maximum atomic E-state index is 11.7. The highest BCUT2D eigenvalue weighted by Gasteiger charge is 2.14. The summed E-state index contributed by atoms with van der Waals surface area (Å²) in [7, 11) is 1.71. The molecule has 1 aromatic heterocycles. The van der Waals surface area contributed by atoms with Gasteiger partial charge in [0, 0.05) is 19.3 Å². The van der Waals surface area contributed by atoms with Gasteiger partial charge < -0.3 is 19.7 Å². The van der Waals surface area contributed by atoms with E-state index in [1.807, 2.05) is 6.26 Å². The molecule has 0 fully saturated rings. The van der Waals surface area contributed by atoms with Crippen LogP contribution >= 0.6 is 11.8 Å². The van der Waals surface area contributed by atoms with Crippen LogP contribution in [0.4, 0.5) is 4.79 Å². The summed E-state index contributed by atoms with van der Waals surface area (Å²) in [6.45, 7) is 2.42. The van der Waals surface area contributed by atoms with Gasteiger partial charge in [-0.25, -0.2) is 9.59 Å². The molecule has 0 unspecified atom stereocenters. The lowest BCUT2D eigenvalue weighted by atomic mass is 10.2. The number of hydrogen-bond donors (Lipinski definition) is 2. The summed E-state index contributed by atoms with van der Waals surface area (Å²) in [4.78, 5) is 24.1. The molecule has 106 valence electrons. The van der Waals surface area contributed by atoms with Gasteiger partial charge in [-0.15, -0.1) is 0 Å². The molecule has 2 N–H and O–H groups in total. The molecular formula is C12H18N2O4S. The summed E-state index contributed by atoms with van der Waals surface area (Å²) in [6.07, 6.45) is 1.98. The Balaban J connectivity index is 2.50. The van der Waals surface area contributed by atoms with Crippen molar-refractivity contribution >= 4 is 23.8 Å². The van der Waals surface area contributed by atoms with E-state index in [2.05, 4.69) is 5.32 Å². The lowest BCUT2D eigenvalue weighted by Crippen LogP contribution is -2.37. The van der Waals surface area contributed by atoms with Gasteiger partial charge in [0.2, 0.25) is 0 Å². The number of hydrogen-bond acceptors (Lipinski definition) is 4. The van der Waals surface area contributed by atoms with Crippen LogP contribution in [0.2, 0.25) is 0 Å². The van der Waals surface area contributed by atoms with E-state index in [1.54, 1.807) is 30.6 Å². The number of carboxylic acid groups (broad SMARTS) is 1. The van der Waals surface area contributed by atoms with Crippen LogP contribution < -0.4 is 5.32 Å². The highest BCUT2D eigenvalue weighted by atomic mass is 32.2. The van der Waals surface area contributed by atoms with Crippen molar-refractivity contribution in [2.45, 2.75) is 13.5 Å². The molecule has 0 saturated carbocycles. The second kappa shape index (κ2) is 7.08. The topological polar surface area (TPSA) is 82.8 Å². The number of carboxylic acids is 1. The number of aryl methyl sites for hydroxylation is 1. The molecule has 1 rings (SSSR count). The number of nitrogens with zero attached hydrogens (tertiary/aromatic N) is 1. The van der Waals surface area contributed by atoms with Gasteiger partial charge in [0.05, 0.1) is 6.54 Å². The molecular weight excluding hydrogens is 268 g/mol. The van der Waals surface area contributed by atoms with Crippen LogP contribution in [0.3, 0.4) is 0 Å².